The number of hydrogen-bond donors (Lipinski definition) is 1. The van der Waals surface area contributed by atoms with Crippen LogP contribution in [0.5, 0.6) is 5.75 Å². The van der Waals surface area contributed by atoms with Crippen molar-refractivity contribution in [2.45, 2.75) is 12.6 Å². The summed E-state index contributed by atoms with van der Waals surface area (Å²) in [5.74, 6) is -1.48. The van der Waals surface area contributed by atoms with E-state index in [0.717, 1.165) is 12.1 Å². The zero-order valence-electron chi connectivity index (χ0n) is 12.4. The van der Waals surface area contributed by atoms with E-state index in [1.54, 1.807) is 0 Å². The molecule has 4 nitrogen and oxygen atoms in total. The maximum absolute atomic E-state index is 13.1. The fourth-order valence-electron chi connectivity index (χ4n) is 2.21. The van der Waals surface area contributed by atoms with Gasteiger partial charge in [-0.25, -0.2) is 4.39 Å². The Balaban J connectivity index is 2.41. The van der Waals surface area contributed by atoms with Gasteiger partial charge in [0.2, 0.25) is 5.90 Å². The molecule has 0 saturated heterocycles. The second kappa shape index (κ2) is 6.91. The second-order valence-electron chi connectivity index (χ2n) is 4.78. The zero-order valence-corrected chi connectivity index (χ0v) is 12.4. The fraction of sp³-hybridized carbons (Fsp3) is 0.333. The van der Waals surface area contributed by atoms with Gasteiger partial charge in [-0.05, 0) is 37.9 Å². The van der Waals surface area contributed by atoms with Gasteiger partial charge in [-0.15, -0.1) is 0 Å². The molecule has 1 heterocycles. The average molecular weight is 329 g/mol. The van der Waals surface area contributed by atoms with Crippen molar-refractivity contribution in [2.24, 2.45) is 9.98 Å². The maximum atomic E-state index is 13.1. The highest BCUT2D eigenvalue weighted by atomic mass is 19.4. The molecule has 1 aromatic rings. The van der Waals surface area contributed by atoms with Crippen LogP contribution in [0, 0.1) is 5.82 Å². The van der Waals surface area contributed by atoms with Crippen LogP contribution in [-0.4, -0.2) is 32.8 Å². The maximum Gasteiger partial charge on any atom is 0.420 e. The van der Waals surface area contributed by atoms with Gasteiger partial charge >= 0.3 is 6.18 Å². The summed E-state index contributed by atoms with van der Waals surface area (Å²) in [5.41, 5.74) is -0.0486. The first kappa shape index (κ1) is 17.1. The van der Waals surface area contributed by atoms with E-state index in [0.29, 0.717) is 36.8 Å². The van der Waals surface area contributed by atoms with Crippen molar-refractivity contribution in [2.75, 3.05) is 20.1 Å². The Kier molecular flexibility index (Phi) is 5.15. The van der Waals surface area contributed by atoms with Crippen LogP contribution in [0.25, 0.3) is 0 Å². The van der Waals surface area contributed by atoms with Gasteiger partial charge in [-0.3, -0.25) is 9.98 Å². The number of aliphatic imine (C=N–C) groups is 2. The van der Waals surface area contributed by atoms with Gasteiger partial charge in [0.1, 0.15) is 17.1 Å². The van der Waals surface area contributed by atoms with Gasteiger partial charge < -0.3 is 10.1 Å². The minimum atomic E-state index is -4.74. The van der Waals surface area contributed by atoms with Crippen molar-refractivity contribution in [1.29, 1.82) is 0 Å². The Morgan fingerprint density at radius 3 is 2.70 bits per heavy atom. The summed E-state index contributed by atoms with van der Waals surface area (Å²) in [6.07, 6.45) is -4.25. The molecule has 0 fully saturated rings. The predicted molar refractivity (Wildman–Crippen MR) is 79.5 cm³/mol. The van der Waals surface area contributed by atoms with Gasteiger partial charge in [-0.2, -0.15) is 13.2 Å². The molecule has 0 amide bonds. The lowest BCUT2D eigenvalue weighted by atomic mass is 10.1. The SMILES string of the molecule is C=NC1=C(/C(=N\C)Oc2ccc(F)cc2C(F)(F)F)CCNC1. The fourth-order valence-corrected chi connectivity index (χ4v) is 2.21. The quantitative estimate of drug-likeness (QED) is 0.526. The molecule has 1 aromatic carbocycles. The average Bonchev–Trinajstić information content (AvgIpc) is 2.52. The summed E-state index contributed by atoms with van der Waals surface area (Å²) in [4.78, 5) is 7.76. The van der Waals surface area contributed by atoms with Crippen LogP contribution >= 0.6 is 0 Å². The first-order valence-electron chi connectivity index (χ1n) is 6.78. The molecule has 1 aliphatic rings. The number of alkyl halides is 3. The number of hydrogen-bond acceptors (Lipinski definition) is 4. The van der Waals surface area contributed by atoms with Gasteiger partial charge in [0.15, 0.2) is 0 Å². The van der Waals surface area contributed by atoms with Crippen LogP contribution in [0.2, 0.25) is 0 Å². The lowest BCUT2D eigenvalue weighted by Crippen LogP contribution is -2.29. The Morgan fingerprint density at radius 1 is 1.35 bits per heavy atom. The molecule has 0 saturated carbocycles. The van der Waals surface area contributed by atoms with E-state index in [2.05, 4.69) is 22.0 Å². The molecule has 0 spiro atoms. The Morgan fingerprint density at radius 2 is 2.09 bits per heavy atom. The number of ether oxygens (including phenoxy) is 1. The summed E-state index contributed by atoms with van der Waals surface area (Å²) < 4.78 is 57.6. The molecule has 23 heavy (non-hydrogen) atoms. The van der Waals surface area contributed by atoms with Crippen LogP contribution in [0.4, 0.5) is 17.6 Å². The molecule has 0 radical (unpaired) electrons. The predicted octanol–water partition coefficient (Wildman–Crippen LogP) is 3.20. The van der Waals surface area contributed by atoms with Crippen LogP contribution in [0.15, 0.2) is 39.5 Å². The second-order valence-corrected chi connectivity index (χ2v) is 4.78. The van der Waals surface area contributed by atoms with Crippen LogP contribution in [0.3, 0.4) is 0 Å². The monoisotopic (exact) mass is 329 g/mol. The van der Waals surface area contributed by atoms with Gasteiger partial charge in [0.25, 0.3) is 0 Å². The largest absolute Gasteiger partial charge is 0.438 e. The van der Waals surface area contributed by atoms with E-state index in [-0.39, 0.29) is 5.90 Å². The summed E-state index contributed by atoms with van der Waals surface area (Å²) in [6.45, 7) is 4.48. The third kappa shape index (κ3) is 3.95. The molecule has 8 heteroatoms. The van der Waals surface area contributed by atoms with Crippen LogP contribution in [0.1, 0.15) is 12.0 Å². The molecular weight excluding hydrogens is 314 g/mol. The van der Waals surface area contributed by atoms with E-state index < -0.39 is 23.3 Å². The molecule has 1 aliphatic heterocycles. The molecule has 0 bridgehead atoms. The number of nitrogens with zero attached hydrogens (tertiary/aromatic N) is 2. The molecule has 0 unspecified atom stereocenters. The lowest BCUT2D eigenvalue weighted by molar-refractivity contribution is -0.138. The van der Waals surface area contributed by atoms with E-state index in [1.807, 2.05) is 0 Å². The van der Waals surface area contributed by atoms with E-state index in [9.17, 15) is 17.6 Å². The van der Waals surface area contributed by atoms with E-state index in [4.69, 9.17) is 4.74 Å². The van der Waals surface area contributed by atoms with Crippen molar-refractivity contribution < 1.29 is 22.3 Å². The number of halogens is 4. The minimum absolute atomic E-state index is 0.0195. The molecule has 0 aliphatic carbocycles. The lowest BCUT2D eigenvalue weighted by Gasteiger charge is -2.21. The molecule has 2 rings (SSSR count). The molecule has 0 atom stereocenters. The van der Waals surface area contributed by atoms with Gasteiger partial charge in [0, 0.05) is 19.2 Å². The van der Waals surface area contributed by atoms with Crippen LogP contribution in [-0.2, 0) is 6.18 Å². The van der Waals surface area contributed by atoms with Crippen LogP contribution < -0.4 is 10.1 Å². The van der Waals surface area contributed by atoms with E-state index >= 15 is 0 Å². The Hall–Kier alpha value is -2.22. The summed E-state index contributed by atoms with van der Waals surface area (Å²) in [7, 11) is 1.40. The van der Waals surface area contributed by atoms with E-state index in [1.165, 1.54) is 7.05 Å². The number of nitrogens with one attached hydrogen (secondary N) is 1. The first-order valence-corrected chi connectivity index (χ1v) is 6.78. The smallest absolute Gasteiger partial charge is 0.420 e. The number of rotatable bonds is 3. The highest BCUT2D eigenvalue weighted by molar-refractivity contribution is 5.96. The zero-order chi connectivity index (χ0) is 17.0. The molecular formula is C15H15F4N3O. The number of benzene rings is 1. The Labute approximate surface area is 130 Å². The van der Waals surface area contributed by atoms with Crippen molar-refractivity contribution in [3.63, 3.8) is 0 Å². The van der Waals surface area contributed by atoms with Gasteiger partial charge in [0.05, 0.1) is 5.70 Å². The van der Waals surface area contributed by atoms with Crippen molar-refractivity contribution in [1.82, 2.24) is 5.32 Å². The molecule has 0 aromatic heterocycles. The highest BCUT2D eigenvalue weighted by Crippen LogP contribution is 2.37. The summed E-state index contributed by atoms with van der Waals surface area (Å²) >= 11 is 0. The summed E-state index contributed by atoms with van der Waals surface area (Å²) in [6, 6.07) is 2.24. The van der Waals surface area contributed by atoms with Crippen molar-refractivity contribution >= 4 is 12.6 Å². The standard InChI is InChI=1S/C15H15F4N3O/c1-20-12-8-22-6-5-10(12)14(21-2)23-13-4-3-9(16)7-11(13)15(17,18)19/h3-4,7,22H,1,5-6,8H2,2H3/b21-14+. The van der Waals surface area contributed by atoms with Crippen molar-refractivity contribution in [3.8, 4) is 5.75 Å². The topological polar surface area (TPSA) is 46.0 Å². The highest BCUT2D eigenvalue weighted by Gasteiger charge is 2.35. The van der Waals surface area contributed by atoms with Crippen molar-refractivity contribution in [3.05, 3.63) is 40.8 Å². The van der Waals surface area contributed by atoms with Gasteiger partial charge in [-0.1, -0.05) is 0 Å². The normalized spacial score (nSPS) is 16.5. The minimum Gasteiger partial charge on any atom is -0.438 e. The first-order chi connectivity index (χ1) is 10.9. The summed E-state index contributed by atoms with van der Waals surface area (Å²) in [5, 5.41) is 3.07. The Bertz CT molecular complexity index is 665. The third-order valence-electron chi connectivity index (χ3n) is 3.30. The molecule has 124 valence electrons. The third-order valence-corrected chi connectivity index (χ3v) is 3.30. The molecule has 1 N–H and O–H groups in total.